The molecular formula is C13H7ClN2O2. The van der Waals surface area contributed by atoms with Crippen molar-refractivity contribution in [3.8, 4) is 0 Å². The van der Waals surface area contributed by atoms with Crippen molar-refractivity contribution in [3.05, 3.63) is 59.1 Å². The normalized spacial score (nSPS) is 10.7. The lowest BCUT2D eigenvalue weighted by atomic mass is 10.1. The summed E-state index contributed by atoms with van der Waals surface area (Å²) in [6.07, 6.45) is 2.87. The largest absolute Gasteiger partial charge is 0.453 e. The highest BCUT2D eigenvalue weighted by atomic mass is 35.5. The van der Waals surface area contributed by atoms with Gasteiger partial charge in [0.2, 0.25) is 5.78 Å². The molecule has 0 saturated carbocycles. The second-order valence-corrected chi connectivity index (χ2v) is 4.19. The number of carbonyl (C=O) groups is 1. The molecule has 3 rings (SSSR count). The van der Waals surface area contributed by atoms with Crippen LogP contribution >= 0.6 is 11.6 Å². The summed E-state index contributed by atoms with van der Waals surface area (Å²) in [6.45, 7) is 0. The first kappa shape index (κ1) is 10.9. The highest BCUT2D eigenvalue weighted by Gasteiger charge is 2.14. The Hall–Kier alpha value is -2.20. The summed E-state index contributed by atoms with van der Waals surface area (Å²) < 4.78 is 5.48. The van der Waals surface area contributed by atoms with Crippen LogP contribution in [0.15, 0.2) is 47.1 Å². The zero-order valence-electron chi connectivity index (χ0n) is 9.13. The van der Waals surface area contributed by atoms with E-state index in [1.54, 1.807) is 30.3 Å². The maximum atomic E-state index is 12.1. The highest BCUT2D eigenvalue weighted by molar-refractivity contribution is 6.31. The number of carbonyl (C=O) groups excluding carboxylic acids is 1. The van der Waals surface area contributed by atoms with Crippen molar-refractivity contribution < 1.29 is 9.21 Å². The maximum absolute atomic E-state index is 12.1. The number of nitrogens with zero attached hydrogens (tertiary/aromatic N) is 2. The van der Waals surface area contributed by atoms with E-state index in [2.05, 4.69) is 10.2 Å². The predicted octanol–water partition coefficient (Wildman–Crippen LogP) is 3.11. The van der Waals surface area contributed by atoms with Gasteiger partial charge in [-0.2, -0.15) is 10.2 Å². The topological polar surface area (TPSA) is 56.0 Å². The van der Waals surface area contributed by atoms with Gasteiger partial charge in [0.15, 0.2) is 5.76 Å². The Morgan fingerprint density at radius 3 is 2.83 bits per heavy atom. The zero-order chi connectivity index (χ0) is 12.5. The molecule has 3 aromatic rings. The van der Waals surface area contributed by atoms with Crippen molar-refractivity contribution >= 4 is 28.4 Å². The van der Waals surface area contributed by atoms with Gasteiger partial charge in [0, 0.05) is 16.0 Å². The van der Waals surface area contributed by atoms with Crippen molar-refractivity contribution in [1.29, 1.82) is 0 Å². The van der Waals surface area contributed by atoms with E-state index in [9.17, 15) is 4.79 Å². The number of hydrogen-bond acceptors (Lipinski definition) is 4. The molecule has 1 aromatic carbocycles. The third kappa shape index (κ3) is 1.87. The fraction of sp³-hybridized carbons (Fsp3) is 0. The fourth-order valence-corrected chi connectivity index (χ4v) is 1.87. The SMILES string of the molecule is O=C(c1ccnnc1)c1cc2cc(Cl)ccc2o1. The van der Waals surface area contributed by atoms with Crippen molar-refractivity contribution in [2.45, 2.75) is 0 Å². The van der Waals surface area contributed by atoms with Gasteiger partial charge in [-0.25, -0.2) is 0 Å². The summed E-state index contributed by atoms with van der Waals surface area (Å²) in [5, 5.41) is 8.69. The van der Waals surface area contributed by atoms with Crippen LogP contribution in [-0.2, 0) is 0 Å². The number of ketones is 1. The molecule has 0 aliphatic carbocycles. The van der Waals surface area contributed by atoms with Crippen LogP contribution in [0.3, 0.4) is 0 Å². The van der Waals surface area contributed by atoms with Gasteiger partial charge in [-0.15, -0.1) is 0 Å². The Labute approximate surface area is 107 Å². The number of fused-ring (bicyclic) bond motifs is 1. The van der Waals surface area contributed by atoms with Crippen LogP contribution in [0, 0.1) is 0 Å². The average Bonchev–Trinajstić information content (AvgIpc) is 2.81. The van der Waals surface area contributed by atoms with E-state index >= 15 is 0 Å². The minimum Gasteiger partial charge on any atom is -0.453 e. The van der Waals surface area contributed by atoms with Gasteiger partial charge in [-0.1, -0.05) is 11.6 Å². The molecule has 0 atom stereocenters. The Morgan fingerprint density at radius 1 is 1.17 bits per heavy atom. The fourth-order valence-electron chi connectivity index (χ4n) is 1.69. The molecule has 4 nitrogen and oxygen atoms in total. The van der Waals surface area contributed by atoms with Crippen LogP contribution in [0.1, 0.15) is 16.1 Å². The molecule has 0 saturated heterocycles. The quantitative estimate of drug-likeness (QED) is 0.663. The Balaban J connectivity index is 2.07. The molecule has 0 radical (unpaired) electrons. The first-order valence-corrected chi connectivity index (χ1v) is 5.62. The van der Waals surface area contributed by atoms with Gasteiger partial charge >= 0.3 is 0 Å². The molecule has 88 valence electrons. The molecule has 2 heterocycles. The Morgan fingerprint density at radius 2 is 2.06 bits per heavy atom. The van der Waals surface area contributed by atoms with Crippen molar-refractivity contribution in [3.63, 3.8) is 0 Å². The number of furan rings is 1. The molecule has 5 heteroatoms. The number of benzene rings is 1. The van der Waals surface area contributed by atoms with Crippen LogP contribution in [0.5, 0.6) is 0 Å². The molecule has 0 bridgehead atoms. The zero-order valence-corrected chi connectivity index (χ0v) is 9.89. The monoisotopic (exact) mass is 258 g/mol. The molecule has 0 unspecified atom stereocenters. The Kier molecular flexibility index (Phi) is 2.57. The van der Waals surface area contributed by atoms with E-state index in [1.165, 1.54) is 12.4 Å². The summed E-state index contributed by atoms with van der Waals surface area (Å²) in [6, 6.07) is 8.47. The van der Waals surface area contributed by atoms with E-state index in [1.807, 2.05) is 0 Å². The lowest BCUT2D eigenvalue weighted by molar-refractivity contribution is 0.101. The second kappa shape index (κ2) is 4.23. The van der Waals surface area contributed by atoms with E-state index in [0.717, 1.165) is 5.39 Å². The van der Waals surface area contributed by atoms with E-state index in [-0.39, 0.29) is 11.5 Å². The van der Waals surface area contributed by atoms with Crippen LogP contribution in [0.4, 0.5) is 0 Å². The van der Waals surface area contributed by atoms with E-state index in [0.29, 0.717) is 16.2 Å². The third-order valence-electron chi connectivity index (χ3n) is 2.55. The number of hydrogen-bond donors (Lipinski definition) is 0. The van der Waals surface area contributed by atoms with Gasteiger partial charge in [0.25, 0.3) is 0 Å². The minimum atomic E-state index is -0.225. The number of halogens is 1. The van der Waals surface area contributed by atoms with Gasteiger partial charge in [0.05, 0.1) is 12.4 Å². The predicted molar refractivity (Wildman–Crippen MR) is 66.7 cm³/mol. The first-order chi connectivity index (χ1) is 8.74. The summed E-state index contributed by atoms with van der Waals surface area (Å²) in [5.74, 6) is 0.0393. The molecule has 0 spiro atoms. The van der Waals surface area contributed by atoms with Crippen LogP contribution < -0.4 is 0 Å². The van der Waals surface area contributed by atoms with Crippen LogP contribution in [0.25, 0.3) is 11.0 Å². The van der Waals surface area contributed by atoms with E-state index < -0.39 is 0 Å². The van der Waals surface area contributed by atoms with Gasteiger partial charge in [-0.3, -0.25) is 4.79 Å². The van der Waals surface area contributed by atoms with Crippen LogP contribution in [0.2, 0.25) is 5.02 Å². The standard InChI is InChI=1S/C13H7ClN2O2/c14-10-1-2-11-9(5-10)6-12(18-11)13(17)8-3-4-15-16-7-8/h1-7H. The Bertz CT molecular complexity index is 722. The summed E-state index contributed by atoms with van der Waals surface area (Å²) in [4.78, 5) is 12.1. The van der Waals surface area contributed by atoms with Crippen molar-refractivity contribution in [2.75, 3.05) is 0 Å². The first-order valence-electron chi connectivity index (χ1n) is 5.24. The summed E-state index contributed by atoms with van der Waals surface area (Å²) >= 11 is 5.88. The molecular weight excluding hydrogens is 252 g/mol. The molecule has 0 N–H and O–H groups in total. The molecule has 0 aliphatic heterocycles. The maximum Gasteiger partial charge on any atom is 0.229 e. The van der Waals surface area contributed by atoms with E-state index in [4.69, 9.17) is 16.0 Å². The summed E-state index contributed by atoms with van der Waals surface area (Å²) in [5.41, 5.74) is 1.07. The highest BCUT2D eigenvalue weighted by Crippen LogP contribution is 2.24. The van der Waals surface area contributed by atoms with Gasteiger partial charge in [-0.05, 0) is 30.3 Å². The minimum absolute atomic E-state index is 0.225. The van der Waals surface area contributed by atoms with Crippen molar-refractivity contribution in [1.82, 2.24) is 10.2 Å². The van der Waals surface area contributed by atoms with Gasteiger partial charge < -0.3 is 4.42 Å². The van der Waals surface area contributed by atoms with Gasteiger partial charge in [0.1, 0.15) is 5.58 Å². The summed E-state index contributed by atoms with van der Waals surface area (Å²) in [7, 11) is 0. The molecule has 18 heavy (non-hydrogen) atoms. The second-order valence-electron chi connectivity index (χ2n) is 3.75. The molecule has 0 amide bonds. The molecule has 0 aliphatic rings. The van der Waals surface area contributed by atoms with Crippen molar-refractivity contribution in [2.24, 2.45) is 0 Å². The number of aromatic nitrogens is 2. The molecule has 2 aromatic heterocycles. The lowest BCUT2D eigenvalue weighted by Gasteiger charge is -1.94. The lowest BCUT2D eigenvalue weighted by Crippen LogP contribution is -2.00. The average molecular weight is 259 g/mol. The molecule has 0 fully saturated rings. The van der Waals surface area contributed by atoms with Crippen LogP contribution in [-0.4, -0.2) is 16.0 Å². The number of rotatable bonds is 2. The third-order valence-corrected chi connectivity index (χ3v) is 2.78. The smallest absolute Gasteiger partial charge is 0.229 e.